The number of sulfone groups is 1. The normalized spacial score (nSPS) is 18.6. The van der Waals surface area contributed by atoms with Crippen LogP contribution in [0.1, 0.15) is 28.4 Å². The molecule has 3 aromatic rings. The molecule has 0 aromatic heterocycles. The maximum absolute atomic E-state index is 13.8. The smallest absolute Gasteiger partial charge is 0.256 e. The average Bonchev–Trinajstić information content (AvgIpc) is 2.98. The lowest BCUT2D eigenvalue weighted by molar-refractivity contribution is 0.0679. The van der Waals surface area contributed by atoms with Crippen molar-refractivity contribution in [2.75, 3.05) is 7.11 Å². The largest absolute Gasteiger partial charge is 0.497 e. The van der Waals surface area contributed by atoms with Gasteiger partial charge in [0.2, 0.25) is 9.84 Å². The minimum atomic E-state index is -3.89. The highest BCUT2D eigenvalue weighted by molar-refractivity contribution is 7.92. The van der Waals surface area contributed by atoms with E-state index in [0.717, 1.165) is 5.56 Å². The lowest BCUT2D eigenvalue weighted by atomic mass is 10.1. The van der Waals surface area contributed by atoms with E-state index in [1.165, 1.54) is 4.90 Å². The van der Waals surface area contributed by atoms with E-state index in [1.54, 1.807) is 80.8 Å². The van der Waals surface area contributed by atoms with Crippen LogP contribution >= 0.6 is 0 Å². The fourth-order valence-corrected chi connectivity index (χ4v) is 5.69. The van der Waals surface area contributed by atoms with Crippen molar-refractivity contribution in [1.82, 2.24) is 4.90 Å². The number of carbonyl (C=O) groups excluding carboxylic acids is 1. The molecule has 0 saturated heterocycles. The maximum atomic E-state index is 13.8. The molecule has 0 fully saturated rings. The van der Waals surface area contributed by atoms with Gasteiger partial charge >= 0.3 is 0 Å². The molecular formula is C23H21NO4S. The number of hydrogen-bond donors (Lipinski definition) is 0. The number of nitrogens with zero attached hydrogens (tertiary/aromatic N) is 1. The van der Waals surface area contributed by atoms with Crippen molar-refractivity contribution in [3.8, 4) is 5.75 Å². The standard InChI is InChI=1S/C23H21NO4S/c1-23(29(26,27)19-8-4-3-5-9-19)21-11-7-6-10-20(21)22(25)24(23)16-17-12-14-18(28-2)15-13-17/h3-15H,16H2,1-2H3. The van der Waals surface area contributed by atoms with Crippen LogP contribution in [0.3, 0.4) is 0 Å². The number of benzene rings is 3. The van der Waals surface area contributed by atoms with Gasteiger partial charge in [-0.05, 0) is 42.8 Å². The van der Waals surface area contributed by atoms with Gasteiger partial charge in [-0.25, -0.2) is 8.42 Å². The topological polar surface area (TPSA) is 63.7 Å². The molecule has 1 heterocycles. The molecule has 0 spiro atoms. The first-order valence-electron chi connectivity index (χ1n) is 9.23. The average molecular weight is 407 g/mol. The predicted molar refractivity (Wildman–Crippen MR) is 110 cm³/mol. The SMILES string of the molecule is COc1ccc(CN2C(=O)c3ccccc3C2(C)S(=O)(=O)c2ccccc2)cc1. The van der Waals surface area contributed by atoms with Gasteiger partial charge in [-0.15, -0.1) is 0 Å². The zero-order valence-corrected chi connectivity index (χ0v) is 17.0. The Morgan fingerprint density at radius 1 is 0.897 bits per heavy atom. The van der Waals surface area contributed by atoms with Gasteiger partial charge in [0.25, 0.3) is 5.91 Å². The summed E-state index contributed by atoms with van der Waals surface area (Å²) in [6.45, 7) is 1.78. The van der Waals surface area contributed by atoms with E-state index in [9.17, 15) is 13.2 Å². The molecule has 1 aliphatic heterocycles. The van der Waals surface area contributed by atoms with Gasteiger partial charge in [0.1, 0.15) is 5.75 Å². The number of methoxy groups -OCH3 is 1. The summed E-state index contributed by atoms with van der Waals surface area (Å²) in [6.07, 6.45) is 0. The molecule has 1 unspecified atom stereocenters. The Balaban J connectivity index is 1.86. The van der Waals surface area contributed by atoms with Crippen LogP contribution in [0, 0.1) is 0 Å². The van der Waals surface area contributed by atoms with Crippen LogP contribution in [0.5, 0.6) is 5.75 Å². The summed E-state index contributed by atoms with van der Waals surface area (Å²) in [7, 11) is -2.30. The van der Waals surface area contributed by atoms with Crippen molar-refractivity contribution >= 4 is 15.7 Å². The fraction of sp³-hybridized carbons (Fsp3) is 0.174. The zero-order chi connectivity index (χ0) is 20.6. The molecule has 0 saturated carbocycles. The van der Waals surface area contributed by atoms with Gasteiger partial charge < -0.3 is 9.64 Å². The number of hydrogen-bond acceptors (Lipinski definition) is 4. The summed E-state index contributed by atoms with van der Waals surface area (Å²) in [5.74, 6) is 0.405. The van der Waals surface area contributed by atoms with E-state index < -0.39 is 14.7 Å². The maximum Gasteiger partial charge on any atom is 0.256 e. The summed E-state index contributed by atoms with van der Waals surface area (Å²) >= 11 is 0. The minimum absolute atomic E-state index is 0.167. The van der Waals surface area contributed by atoms with Gasteiger partial charge in [-0.2, -0.15) is 0 Å². The van der Waals surface area contributed by atoms with E-state index in [1.807, 2.05) is 12.1 Å². The third kappa shape index (κ3) is 2.91. The first-order valence-corrected chi connectivity index (χ1v) is 10.7. The first kappa shape index (κ1) is 19.2. The molecule has 1 aliphatic rings. The molecule has 4 rings (SSSR count). The monoisotopic (exact) mass is 407 g/mol. The molecule has 29 heavy (non-hydrogen) atoms. The second-order valence-electron chi connectivity index (χ2n) is 7.08. The summed E-state index contributed by atoms with van der Waals surface area (Å²) < 4.78 is 32.7. The summed E-state index contributed by atoms with van der Waals surface area (Å²) in [6, 6.07) is 22.5. The third-order valence-electron chi connectivity index (χ3n) is 5.49. The Morgan fingerprint density at radius 2 is 1.52 bits per heavy atom. The van der Waals surface area contributed by atoms with Crippen molar-refractivity contribution in [3.63, 3.8) is 0 Å². The molecule has 0 radical (unpaired) electrons. The fourth-order valence-electron chi connectivity index (χ4n) is 3.81. The molecule has 3 aromatic carbocycles. The van der Waals surface area contributed by atoms with Crippen LogP contribution in [-0.4, -0.2) is 26.3 Å². The molecule has 0 aliphatic carbocycles. The Bertz CT molecular complexity index is 1160. The molecule has 5 nitrogen and oxygen atoms in total. The first-order chi connectivity index (χ1) is 13.9. The highest BCUT2D eigenvalue weighted by Gasteiger charge is 2.55. The predicted octanol–water partition coefficient (Wildman–Crippen LogP) is 4.00. The van der Waals surface area contributed by atoms with Crippen molar-refractivity contribution in [3.05, 3.63) is 95.6 Å². The van der Waals surface area contributed by atoms with Crippen LogP contribution in [0.2, 0.25) is 0 Å². The molecule has 0 bridgehead atoms. The quantitative estimate of drug-likeness (QED) is 0.641. The highest BCUT2D eigenvalue weighted by Crippen LogP contribution is 2.46. The van der Waals surface area contributed by atoms with Gasteiger partial charge in [0, 0.05) is 17.7 Å². The van der Waals surface area contributed by atoms with Crippen LogP contribution in [-0.2, 0) is 21.3 Å². The van der Waals surface area contributed by atoms with E-state index in [4.69, 9.17) is 4.74 Å². The molecule has 0 N–H and O–H groups in total. The van der Waals surface area contributed by atoms with Crippen LogP contribution < -0.4 is 4.74 Å². The summed E-state index contributed by atoms with van der Waals surface area (Å²) in [5.41, 5.74) is 1.74. The highest BCUT2D eigenvalue weighted by atomic mass is 32.2. The van der Waals surface area contributed by atoms with Gasteiger partial charge in [-0.1, -0.05) is 48.5 Å². The van der Waals surface area contributed by atoms with E-state index in [-0.39, 0.29) is 17.3 Å². The summed E-state index contributed by atoms with van der Waals surface area (Å²) in [4.78, 5) is 13.4. The number of ether oxygens (including phenoxy) is 1. The van der Waals surface area contributed by atoms with Crippen LogP contribution in [0.25, 0.3) is 0 Å². The Kier molecular flexibility index (Phi) is 4.67. The Labute approximate surface area is 170 Å². The summed E-state index contributed by atoms with van der Waals surface area (Å²) in [5, 5.41) is 0. The van der Waals surface area contributed by atoms with Crippen LogP contribution in [0.15, 0.2) is 83.8 Å². The van der Waals surface area contributed by atoms with Gasteiger partial charge in [-0.3, -0.25) is 4.79 Å². The Hall–Kier alpha value is -3.12. The molecule has 1 atom stereocenters. The van der Waals surface area contributed by atoms with Crippen molar-refractivity contribution in [2.45, 2.75) is 23.2 Å². The van der Waals surface area contributed by atoms with Gasteiger partial charge in [0.15, 0.2) is 4.87 Å². The van der Waals surface area contributed by atoms with Crippen molar-refractivity contribution in [1.29, 1.82) is 0 Å². The minimum Gasteiger partial charge on any atom is -0.497 e. The number of rotatable bonds is 5. The van der Waals surface area contributed by atoms with E-state index in [0.29, 0.717) is 16.9 Å². The van der Waals surface area contributed by atoms with Gasteiger partial charge in [0.05, 0.1) is 12.0 Å². The van der Waals surface area contributed by atoms with Crippen LogP contribution in [0.4, 0.5) is 0 Å². The van der Waals surface area contributed by atoms with E-state index in [2.05, 4.69) is 0 Å². The number of amides is 1. The zero-order valence-electron chi connectivity index (χ0n) is 16.2. The van der Waals surface area contributed by atoms with E-state index >= 15 is 0 Å². The molecule has 148 valence electrons. The second kappa shape index (κ2) is 7.04. The lowest BCUT2D eigenvalue weighted by Gasteiger charge is -2.35. The molecular weight excluding hydrogens is 386 g/mol. The second-order valence-corrected chi connectivity index (χ2v) is 9.36. The number of carbonyl (C=O) groups is 1. The lowest BCUT2D eigenvalue weighted by Crippen LogP contribution is -2.46. The number of fused-ring (bicyclic) bond motifs is 1. The third-order valence-corrected chi connectivity index (χ3v) is 7.87. The molecule has 1 amide bonds. The van der Waals surface area contributed by atoms with Crippen molar-refractivity contribution < 1.29 is 17.9 Å². The Morgan fingerprint density at radius 3 is 2.17 bits per heavy atom. The molecule has 6 heteroatoms. The van der Waals surface area contributed by atoms with Crippen molar-refractivity contribution in [2.24, 2.45) is 0 Å².